The van der Waals surface area contributed by atoms with E-state index in [1.54, 1.807) is 27.7 Å². The highest BCUT2D eigenvalue weighted by molar-refractivity contribution is 8.15. The van der Waals surface area contributed by atoms with Gasteiger partial charge in [-0.15, -0.1) is 0 Å². The zero-order valence-corrected chi connectivity index (χ0v) is 14.5. The molecule has 4 N–H and O–H groups in total. The average Bonchev–Trinajstić information content (AvgIpc) is 2.76. The monoisotopic (exact) mass is 348 g/mol. The van der Waals surface area contributed by atoms with E-state index in [4.69, 9.17) is 9.47 Å². The zero-order chi connectivity index (χ0) is 17.4. The molecule has 8 nitrogen and oxygen atoms in total. The molecule has 0 aromatic rings. The summed E-state index contributed by atoms with van der Waals surface area (Å²) in [5, 5.41) is 32.9. The summed E-state index contributed by atoms with van der Waals surface area (Å²) in [6.07, 6.45) is -3.99. The number of aliphatic imine (C=N–C) groups is 1. The second kappa shape index (κ2) is 6.56. The Morgan fingerprint density at radius 2 is 2.09 bits per heavy atom. The van der Waals surface area contributed by atoms with Gasteiger partial charge in [0, 0.05) is 0 Å². The van der Waals surface area contributed by atoms with E-state index in [1.807, 2.05) is 0 Å². The Hall–Kier alpha value is -0.870. The number of rotatable bonds is 3. The van der Waals surface area contributed by atoms with Crippen LogP contribution in [-0.2, 0) is 9.47 Å². The third-order valence-electron chi connectivity index (χ3n) is 3.56. The van der Waals surface area contributed by atoms with Gasteiger partial charge in [0.05, 0.1) is 18.2 Å². The van der Waals surface area contributed by atoms with Crippen molar-refractivity contribution in [3.05, 3.63) is 0 Å². The lowest BCUT2D eigenvalue weighted by Gasteiger charge is -2.45. The molecule has 0 aromatic carbocycles. The Bertz CT molecular complexity index is 494. The van der Waals surface area contributed by atoms with Crippen LogP contribution >= 0.6 is 11.8 Å². The molecule has 0 aromatic heterocycles. The van der Waals surface area contributed by atoms with Crippen molar-refractivity contribution in [1.82, 2.24) is 5.32 Å². The van der Waals surface area contributed by atoms with E-state index in [1.165, 1.54) is 11.8 Å². The third kappa shape index (κ3) is 3.97. The largest absolute Gasteiger partial charge is 0.444 e. The van der Waals surface area contributed by atoms with Crippen LogP contribution in [0.1, 0.15) is 27.7 Å². The number of aliphatic hydroxyl groups excluding tert-OH is 3. The van der Waals surface area contributed by atoms with Gasteiger partial charge in [-0.25, -0.2) is 4.79 Å². The fourth-order valence-electron chi connectivity index (χ4n) is 2.63. The highest BCUT2D eigenvalue weighted by Crippen LogP contribution is 2.45. The fourth-order valence-corrected chi connectivity index (χ4v) is 3.93. The minimum absolute atomic E-state index is 0.0262. The highest BCUT2D eigenvalue weighted by atomic mass is 32.2. The number of nitrogens with zero attached hydrogens (tertiary/aromatic N) is 1. The van der Waals surface area contributed by atoms with Gasteiger partial charge in [0.15, 0.2) is 4.93 Å². The van der Waals surface area contributed by atoms with Gasteiger partial charge in [-0.2, -0.15) is 0 Å². The number of carbonyl (C=O) groups excluding carboxylic acids is 1. The second-order valence-corrected chi connectivity index (χ2v) is 8.17. The van der Waals surface area contributed by atoms with Crippen molar-refractivity contribution in [2.24, 2.45) is 4.99 Å². The predicted octanol–water partition coefficient (Wildman–Crippen LogP) is -0.146. The predicted molar refractivity (Wildman–Crippen MR) is 85.4 cm³/mol. The van der Waals surface area contributed by atoms with Crippen LogP contribution in [0, 0.1) is 0 Å². The van der Waals surface area contributed by atoms with Gasteiger partial charge in [-0.05, 0) is 27.7 Å². The molecule has 0 aliphatic carbocycles. The molecule has 2 aliphatic rings. The molecule has 0 bridgehead atoms. The zero-order valence-electron chi connectivity index (χ0n) is 13.6. The van der Waals surface area contributed by atoms with Crippen LogP contribution in [0.3, 0.4) is 0 Å². The van der Waals surface area contributed by atoms with E-state index >= 15 is 0 Å². The number of ether oxygens (including phenoxy) is 2. The number of carbonyl (C=O) groups is 1. The molecule has 1 fully saturated rings. The molecule has 23 heavy (non-hydrogen) atoms. The maximum atomic E-state index is 11.9. The SMILES string of the molecule is CC1=N[C@@H]2[C@@H](O)[C@@H](O)[C@@H](CO)O[C@]2(CNC(=O)OC(C)(C)C)S1. The van der Waals surface area contributed by atoms with Gasteiger partial charge in [0.25, 0.3) is 0 Å². The number of thioether (sulfide) groups is 1. The van der Waals surface area contributed by atoms with Gasteiger partial charge in [-0.3, -0.25) is 4.99 Å². The van der Waals surface area contributed by atoms with Crippen LogP contribution in [0.2, 0.25) is 0 Å². The number of alkyl carbamates (subject to hydrolysis) is 1. The normalized spacial score (nSPS) is 37.1. The standard InChI is InChI=1S/C14H24N2O6S/c1-7-16-11-10(19)9(18)8(5-17)21-14(11,23-7)6-15-12(20)22-13(2,3)4/h8-11,17-19H,5-6H2,1-4H3,(H,15,20)/t8-,9+,10+,11-,14-/m1/s1. The van der Waals surface area contributed by atoms with Gasteiger partial charge in [-0.1, -0.05) is 11.8 Å². The molecule has 0 radical (unpaired) electrons. The van der Waals surface area contributed by atoms with E-state index in [0.29, 0.717) is 5.04 Å². The molecular formula is C14H24N2O6S. The van der Waals surface area contributed by atoms with E-state index in [-0.39, 0.29) is 6.54 Å². The smallest absolute Gasteiger partial charge is 0.407 e. The molecule has 132 valence electrons. The fraction of sp³-hybridized carbons (Fsp3) is 0.857. The van der Waals surface area contributed by atoms with Crippen molar-refractivity contribution in [3.63, 3.8) is 0 Å². The summed E-state index contributed by atoms with van der Waals surface area (Å²) in [6, 6.07) is -0.736. The molecular weight excluding hydrogens is 324 g/mol. The van der Waals surface area contributed by atoms with E-state index in [2.05, 4.69) is 10.3 Å². The summed E-state index contributed by atoms with van der Waals surface area (Å²) in [4.78, 5) is 15.1. The maximum Gasteiger partial charge on any atom is 0.407 e. The summed E-state index contributed by atoms with van der Waals surface area (Å²) >= 11 is 1.26. The lowest BCUT2D eigenvalue weighted by atomic mass is 9.92. The number of fused-ring (bicyclic) bond motifs is 1. The van der Waals surface area contributed by atoms with Gasteiger partial charge < -0.3 is 30.1 Å². The van der Waals surface area contributed by atoms with Crippen molar-refractivity contribution >= 4 is 22.9 Å². The molecule has 5 atom stereocenters. The first kappa shape index (κ1) is 18.5. The number of aliphatic hydroxyl groups is 3. The van der Waals surface area contributed by atoms with Crippen LogP contribution in [0.15, 0.2) is 4.99 Å². The van der Waals surface area contributed by atoms with Crippen LogP contribution in [0.4, 0.5) is 4.79 Å². The maximum absolute atomic E-state index is 11.9. The average molecular weight is 348 g/mol. The number of nitrogens with one attached hydrogen (secondary N) is 1. The van der Waals surface area contributed by atoms with Gasteiger partial charge in [0.1, 0.15) is 30.0 Å². The van der Waals surface area contributed by atoms with E-state index in [0.717, 1.165) is 0 Å². The van der Waals surface area contributed by atoms with Crippen molar-refractivity contribution in [3.8, 4) is 0 Å². The summed E-state index contributed by atoms with van der Waals surface area (Å²) in [7, 11) is 0. The molecule has 0 unspecified atom stereocenters. The minimum atomic E-state index is -1.24. The summed E-state index contributed by atoms with van der Waals surface area (Å²) in [5.74, 6) is 0. The summed E-state index contributed by atoms with van der Waals surface area (Å²) in [6.45, 7) is 6.60. The van der Waals surface area contributed by atoms with Gasteiger partial charge >= 0.3 is 6.09 Å². The molecule has 2 rings (SSSR count). The lowest BCUT2D eigenvalue weighted by molar-refractivity contribution is -0.197. The first-order chi connectivity index (χ1) is 10.6. The van der Waals surface area contributed by atoms with E-state index < -0.39 is 47.6 Å². The summed E-state index contributed by atoms with van der Waals surface area (Å²) < 4.78 is 11.0. The quantitative estimate of drug-likeness (QED) is 0.560. The molecule has 2 aliphatic heterocycles. The highest BCUT2D eigenvalue weighted by Gasteiger charge is 2.57. The molecule has 0 saturated carbocycles. The lowest BCUT2D eigenvalue weighted by Crippen LogP contribution is -2.65. The molecule has 1 saturated heterocycles. The van der Waals surface area contributed by atoms with Crippen molar-refractivity contribution in [2.75, 3.05) is 13.2 Å². The first-order valence-corrected chi connectivity index (χ1v) is 8.25. The van der Waals surface area contributed by atoms with E-state index in [9.17, 15) is 20.1 Å². The molecule has 2 heterocycles. The minimum Gasteiger partial charge on any atom is -0.444 e. The third-order valence-corrected chi connectivity index (χ3v) is 4.78. The Kier molecular flexibility index (Phi) is 5.27. The topological polar surface area (TPSA) is 121 Å². The van der Waals surface area contributed by atoms with Crippen LogP contribution < -0.4 is 5.32 Å². The number of hydrogen-bond acceptors (Lipinski definition) is 8. The first-order valence-electron chi connectivity index (χ1n) is 7.43. The molecule has 9 heteroatoms. The second-order valence-electron chi connectivity index (χ2n) is 6.68. The Morgan fingerprint density at radius 3 is 2.65 bits per heavy atom. The molecule has 1 amide bonds. The Balaban J connectivity index is 2.12. The number of hydrogen-bond donors (Lipinski definition) is 4. The van der Waals surface area contributed by atoms with Crippen molar-refractivity contribution < 1.29 is 29.6 Å². The summed E-state index contributed by atoms with van der Waals surface area (Å²) in [5.41, 5.74) is -0.632. The van der Waals surface area contributed by atoms with Crippen molar-refractivity contribution in [1.29, 1.82) is 0 Å². The van der Waals surface area contributed by atoms with Crippen LogP contribution in [0.5, 0.6) is 0 Å². The Labute approximate surface area is 139 Å². The van der Waals surface area contributed by atoms with Crippen LogP contribution in [-0.4, -0.2) is 74.5 Å². The van der Waals surface area contributed by atoms with Crippen molar-refractivity contribution in [2.45, 2.75) is 62.6 Å². The number of amides is 1. The van der Waals surface area contributed by atoms with Gasteiger partial charge in [0.2, 0.25) is 0 Å². The van der Waals surface area contributed by atoms with Crippen LogP contribution in [0.25, 0.3) is 0 Å². The molecule has 0 spiro atoms. The Morgan fingerprint density at radius 1 is 1.43 bits per heavy atom.